The topological polar surface area (TPSA) is 93.9 Å². The van der Waals surface area contributed by atoms with Crippen molar-refractivity contribution in [1.82, 2.24) is 15.4 Å². The van der Waals surface area contributed by atoms with Crippen molar-refractivity contribution in [2.24, 2.45) is 5.73 Å². The molecule has 6 heteroatoms. The molecule has 0 saturated heterocycles. The minimum Gasteiger partial charge on any atom is -0.494 e. The first-order chi connectivity index (χ1) is 10.5. The van der Waals surface area contributed by atoms with E-state index in [1.807, 2.05) is 26.0 Å². The number of nitrogens with one attached hydrogen (secondary N) is 1. The fraction of sp³-hybridized carbons (Fsp3) is 0.438. The number of H-pyrrole nitrogens is 1. The molecule has 2 aromatic rings. The Morgan fingerprint density at radius 2 is 1.91 bits per heavy atom. The fourth-order valence-corrected chi connectivity index (χ4v) is 2.50. The maximum atomic E-state index is 11.4. The molecule has 1 amide bonds. The molecule has 0 aliphatic carbocycles. The van der Waals surface area contributed by atoms with Crippen molar-refractivity contribution in [3.63, 3.8) is 0 Å². The largest absolute Gasteiger partial charge is 0.494 e. The highest BCUT2D eigenvalue weighted by molar-refractivity contribution is 5.97. The summed E-state index contributed by atoms with van der Waals surface area (Å²) < 4.78 is 5.78. The summed E-state index contributed by atoms with van der Waals surface area (Å²) in [4.78, 5) is 11.4. The minimum atomic E-state index is -0.595. The van der Waals surface area contributed by atoms with Gasteiger partial charge in [0.25, 0.3) is 5.91 Å². The number of primary amides is 1. The summed E-state index contributed by atoms with van der Waals surface area (Å²) in [6, 6.07) is 3.90. The SMILES string of the molecule is CCCCCOc1cc(C)c(-c2n[nH]nc2C(N)=O)c(C)c1. The van der Waals surface area contributed by atoms with Gasteiger partial charge in [-0.1, -0.05) is 19.8 Å². The third-order valence-corrected chi connectivity index (χ3v) is 3.54. The standard InChI is InChI=1S/C16H22N4O2/c1-4-5-6-7-22-12-8-10(2)13(11(3)9-12)14-15(16(17)21)19-20-18-14/h8-9H,4-7H2,1-3H3,(H2,17,21)(H,18,19,20). The van der Waals surface area contributed by atoms with Crippen LogP contribution in [0.3, 0.4) is 0 Å². The molecule has 6 nitrogen and oxygen atoms in total. The van der Waals surface area contributed by atoms with Crippen molar-refractivity contribution in [3.05, 3.63) is 29.0 Å². The van der Waals surface area contributed by atoms with Crippen LogP contribution in [-0.4, -0.2) is 27.9 Å². The molecule has 118 valence electrons. The second-order valence-electron chi connectivity index (χ2n) is 5.37. The van der Waals surface area contributed by atoms with Gasteiger partial charge in [-0.25, -0.2) is 0 Å². The van der Waals surface area contributed by atoms with Gasteiger partial charge in [0, 0.05) is 5.56 Å². The van der Waals surface area contributed by atoms with Crippen molar-refractivity contribution < 1.29 is 9.53 Å². The van der Waals surface area contributed by atoms with Crippen LogP contribution in [-0.2, 0) is 0 Å². The Bertz CT molecular complexity index is 641. The van der Waals surface area contributed by atoms with E-state index in [4.69, 9.17) is 10.5 Å². The third-order valence-electron chi connectivity index (χ3n) is 3.54. The second-order valence-corrected chi connectivity index (χ2v) is 5.37. The predicted molar refractivity (Wildman–Crippen MR) is 84.8 cm³/mol. The summed E-state index contributed by atoms with van der Waals surface area (Å²) in [5, 5.41) is 10.4. The zero-order valence-electron chi connectivity index (χ0n) is 13.3. The Balaban J connectivity index is 2.27. The van der Waals surface area contributed by atoms with E-state index in [-0.39, 0.29) is 5.69 Å². The number of unbranched alkanes of at least 4 members (excludes halogenated alkanes) is 2. The van der Waals surface area contributed by atoms with Gasteiger partial charge in [0.1, 0.15) is 11.4 Å². The van der Waals surface area contributed by atoms with Crippen LogP contribution < -0.4 is 10.5 Å². The van der Waals surface area contributed by atoms with Gasteiger partial charge in [0.2, 0.25) is 0 Å². The van der Waals surface area contributed by atoms with Gasteiger partial charge in [-0.15, -0.1) is 0 Å². The molecule has 1 heterocycles. The van der Waals surface area contributed by atoms with Crippen LogP contribution in [0.4, 0.5) is 0 Å². The summed E-state index contributed by atoms with van der Waals surface area (Å²) in [5.74, 6) is 0.237. The molecule has 0 aliphatic heterocycles. The first-order valence-electron chi connectivity index (χ1n) is 7.49. The Hall–Kier alpha value is -2.37. The van der Waals surface area contributed by atoms with Gasteiger partial charge in [-0.2, -0.15) is 15.4 Å². The van der Waals surface area contributed by atoms with Gasteiger partial charge in [0.05, 0.1) is 6.61 Å². The van der Waals surface area contributed by atoms with E-state index >= 15 is 0 Å². The summed E-state index contributed by atoms with van der Waals surface area (Å²) in [5.41, 5.74) is 8.79. The van der Waals surface area contributed by atoms with Crippen LogP contribution in [0.2, 0.25) is 0 Å². The molecular formula is C16H22N4O2. The van der Waals surface area contributed by atoms with E-state index in [1.165, 1.54) is 6.42 Å². The van der Waals surface area contributed by atoms with Gasteiger partial charge >= 0.3 is 0 Å². The number of nitrogens with two attached hydrogens (primary N) is 1. The summed E-state index contributed by atoms with van der Waals surface area (Å²) in [7, 11) is 0. The van der Waals surface area contributed by atoms with Crippen LogP contribution in [0.1, 0.15) is 47.8 Å². The highest BCUT2D eigenvalue weighted by Gasteiger charge is 2.19. The molecule has 3 N–H and O–H groups in total. The van der Waals surface area contributed by atoms with E-state index in [9.17, 15) is 4.79 Å². The third kappa shape index (κ3) is 3.44. The average Bonchev–Trinajstić information content (AvgIpc) is 2.92. The van der Waals surface area contributed by atoms with E-state index in [2.05, 4.69) is 22.3 Å². The number of hydrogen-bond donors (Lipinski definition) is 2. The lowest BCUT2D eigenvalue weighted by Crippen LogP contribution is -2.13. The molecule has 1 aromatic carbocycles. The maximum absolute atomic E-state index is 11.4. The average molecular weight is 302 g/mol. The van der Waals surface area contributed by atoms with E-state index in [0.29, 0.717) is 12.3 Å². The number of aryl methyl sites for hydroxylation is 2. The normalized spacial score (nSPS) is 10.7. The van der Waals surface area contributed by atoms with Crippen molar-refractivity contribution in [2.75, 3.05) is 6.61 Å². The number of aromatic nitrogens is 3. The quantitative estimate of drug-likeness (QED) is 0.769. The molecule has 0 fully saturated rings. The molecule has 1 aromatic heterocycles. The predicted octanol–water partition coefficient (Wildman–Crippen LogP) is 2.76. The van der Waals surface area contributed by atoms with Crippen molar-refractivity contribution >= 4 is 5.91 Å². The summed E-state index contributed by atoms with van der Waals surface area (Å²) in [6.45, 7) is 6.79. The number of benzene rings is 1. The van der Waals surface area contributed by atoms with Gasteiger partial charge in [0.15, 0.2) is 5.69 Å². The summed E-state index contributed by atoms with van der Waals surface area (Å²) >= 11 is 0. The Labute approximate surface area is 130 Å². The van der Waals surface area contributed by atoms with Gasteiger partial charge < -0.3 is 10.5 Å². The van der Waals surface area contributed by atoms with Gasteiger partial charge in [-0.05, 0) is 43.5 Å². The summed E-state index contributed by atoms with van der Waals surface area (Å²) in [6.07, 6.45) is 3.38. The minimum absolute atomic E-state index is 0.155. The molecule has 0 aliphatic rings. The number of hydrogen-bond acceptors (Lipinski definition) is 4. The maximum Gasteiger partial charge on any atom is 0.271 e. The van der Waals surface area contributed by atoms with Crippen LogP contribution in [0.25, 0.3) is 11.3 Å². The van der Waals surface area contributed by atoms with Crippen LogP contribution in [0.15, 0.2) is 12.1 Å². The number of amides is 1. The Morgan fingerprint density at radius 1 is 1.23 bits per heavy atom. The molecular weight excluding hydrogens is 280 g/mol. The van der Waals surface area contributed by atoms with Crippen molar-refractivity contribution in [1.29, 1.82) is 0 Å². The first kappa shape index (κ1) is 16.0. The first-order valence-corrected chi connectivity index (χ1v) is 7.49. The molecule has 0 saturated carbocycles. The lowest BCUT2D eigenvalue weighted by Gasteiger charge is -2.12. The fourth-order valence-electron chi connectivity index (χ4n) is 2.50. The van der Waals surface area contributed by atoms with E-state index in [1.54, 1.807) is 0 Å². The molecule has 0 unspecified atom stereocenters. The number of nitrogens with zero attached hydrogens (tertiary/aromatic N) is 2. The zero-order valence-corrected chi connectivity index (χ0v) is 13.3. The Kier molecular flexibility index (Phi) is 5.14. The van der Waals surface area contributed by atoms with Crippen molar-refractivity contribution in [2.45, 2.75) is 40.0 Å². The van der Waals surface area contributed by atoms with Gasteiger partial charge in [-0.3, -0.25) is 4.79 Å². The molecule has 0 atom stereocenters. The molecule has 0 radical (unpaired) electrons. The molecule has 22 heavy (non-hydrogen) atoms. The Morgan fingerprint density at radius 3 is 2.50 bits per heavy atom. The molecule has 0 spiro atoms. The van der Waals surface area contributed by atoms with E-state index < -0.39 is 5.91 Å². The lowest BCUT2D eigenvalue weighted by atomic mass is 9.98. The van der Waals surface area contributed by atoms with Crippen LogP contribution in [0, 0.1) is 13.8 Å². The monoisotopic (exact) mass is 302 g/mol. The highest BCUT2D eigenvalue weighted by Crippen LogP contribution is 2.31. The molecule has 2 rings (SSSR count). The number of ether oxygens (including phenoxy) is 1. The van der Waals surface area contributed by atoms with Crippen LogP contribution in [0.5, 0.6) is 5.75 Å². The molecule has 0 bridgehead atoms. The highest BCUT2D eigenvalue weighted by atomic mass is 16.5. The van der Waals surface area contributed by atoms with Crippen molar-refractivity contribution in [3.8, 4) is 17.0 Å². The number of carbonyl (C=O) groups excluding carboxylic acids is 1. The number of aromatic amines is 1. The zero-order chi connectivity index (χ0) is 16.1. The lowest BCUT2D eigenvalue weighted by molar-refractivity contribution is 0.0996. The number of rotatable bonds is 7. The second kappa shape index (κ2) is 7.06. The van der Waals surface area contributed by atoms with Crippen LogP contribution >= 0.6 is 0 Å². The van der Waals surface area contributed by atoms with E-state index in [0.717, 1.165) is 35.3 Å². The number of carbonyl (C=O) groups is 1. The smallest absolute Gasteiger partial charge is 0.271 e.